The van der Waals surface area contributed by atoms with Crippen LogP contribution in [-0.4, -0.2) is 46.1 Å². The summed E-state index contributed by atoms with van der Waals surface area (Å²) in [4.78, 5) is 11.9. The summed E-state index contributed by atoms with van der Waals surface area (Å²) in [6, 6.07) is 6.10. The predicted molar refractivity (Wildman–Crippen MR) is 80.2 cm³/mol. The highest BCUT2D eigenvalue weighted by molar-refractivity contribution is 7.86. The topological polar surface area (TPSA) is 88.1 Å². The molecular formula is C15H20O7S. The third kappa shape index (κ3) is 4.29. The minimum atomic E-state index is -4.14. The largest absolute Gasteiger partial charge is 0.467 e. The number of carbonyl (C=O) groups is 1. The second-order valence-electron chi connectivity index (χ2n) is 5.67. The molecule has 1 aliphatic heterocycles. The van der Waals surface area contributed by atoms with Gasteiger partial charge < -0.3 is 14.2 Å². The van der Waals surface area contributed by atoms with Crippen molar-refractivity contribution in [3.8, 4) is 0 Å². The average Bonchev–Trinajstić information content (AvgIpc) is 2.84. The number of ether oxygens (including phenoxy) is 3. The van der Waals surface area contributed by atoms with Gasteiger partial charge in [-0.3, -0.25) is 0 Å². The second-order valence-corrected chi connectivity index (χ2v) is 7.25. The lowest BCUT2D eigenvalue weighted by Gasteiger charge is -2.22. The molecule has 1 aliphatic rings. The van der Waals surface area contributed by atoms with E-state index in [2.05, 4.69) is 4.74 Å². The summed E-state index contributed by atoms with van der Waals surface area (Å²) in [5.74, 6) is -1.76. The summed E-state index contributed by atoms with van der Waals surface area (Å²) in [7, 11) is -2.99. The highest BCUT2D eigenvalue weighted by Gasteiger charge is 2.44. The number of hydrogen-bond acceptors (Lipinski definition) is 7. The summed E-state index contributed by atoms with van der Waals surface area (Å²) in [6.45, 7) is 5.18. The Kier molecular flexibility index (Phi) is 5.10. The highest BCUT2D eigenvalue weighted by atomic mass is 32.2. The number of esters is 1. The van der Waals surface area contributed by atoms with Crippen LogP contribution in [0, 0.1) is 6.92 Å². The van der Waals surface area contributed by atoms with Crippen LogP contribution in [0.5, 0.6) is 0 Å². The Morgan fingerprint density at radius 2 is 1.91 bits per heavy atom. The molecule has 0 saturated carbocycles. The summed E-state index contributed by atoms with van der Waals surface area (Å²) >= 11 is 0. The molecule has 0 aliphatic carbocycles. The molecule has 0 radical (unpaired) electrons. The van der Waals surface area contributed by atoms with Crippen LogP contribution in [0.1, 0.15) is 19.4 Å². The third-order valence-electron chi connectivity index (χ3n) is 3.34. The summed E-state index contributed by atoms with van der Waals surface area (Å²) in [5, 5.41) is 0. The molecule has 1 saturated heterocycles. The van der Waals surface area contributed by atoms with Crippen molar-refractivity contribution in [2.75, 3.05) is 13.7 Å². The van der Waals surface area contributed by atoms with E-state index in [1.165, 1.54) is 12.1 Å². The average molecular weight is 344 g/mol. The van der Waals surface area contributed by atoms with Crippen LogP contribution in [-0.2, 0) is 33.3 Å². The lowest BCUT2D eigenvalue weighted by Crippen LogP contribution is -2.41. The Bertz CT molecular complexity index is 664. The standard InChI is InChI=1S/C15H20O7S/c1-10-5-7-11(8-6-10)23(17,18)22-13(14(16)19-4)12-9-20-15(2,3)21-12/h5-8,12-13H,9H2,1-4H3/t12-,13?/m0/s1. The van der Waals surface area contributed by atoms with Gasteiger partial charge in [0.2, 0.25) is 6.10 Å². The molecule has 0 spiro atoms. The number of aryl methyl sites for hydroxylation is 1. The van der Waals surface area contributed by atoms with Crippen molar-refractivity contribution in [2.45, 2.75) is 43.7 Å². The number of methoxy groups -OCH3 is 1. The Hall–Kier alpha value is -1.48. The van der Waals surface area contributed by atoms with Crippen molar-refractivity contribution in [1.82, 2.24) is 0 Å². The van der Waals surface area contributed by atoms with E-state index >= 15 is 0 Å². The Morgan fingerprint density at radius 3 is 2.39 bits per heavy atom. The van der Waals surface area contributed by atoms with E-state index < -0.39 is 34.1 Å². The van der Waals surface area contributed by atoms with Crippen molar-refractivity contribution in [2.24, 2.45) is 0 Å². The minimum absolute atomic E-state index is 0.0240. The van der Waals surface area contributed by atoms with Crippen molar-refractivity contribution >= 4 is 16.1 Å². The molecule has 1 fully saturated rings. The van der Waals surface area contributed by atoms with Crippen LogP contribution in [0.4, 0.5) is 0 Å². The summed E-state index contributed by atoms with van der Waals surface area (Å²) < 4.78 is 45.3. The molecule has 0 amide bonds. The SMILES string of the molecule is COC(=O)C(OS(=O)(=O)c1ccc(C)cc1)[C@@H]1COC(C)(C)O1. The van der Waals surface area contributed by atoms with Gasteiger partial charge in [0, 0.05) is 0 Å². The number of carbonyl (C=O) groups excluding carboxylic acids is 1. The lowest BCUT2D eigenvalue weighted by atomic mass is 10.2. The number of hydrogen-bond donors (Lipinski definition) is 0. The third-order valence-corrected chi connectivity index (χ3v) is 4.65. The van der Waals surface area contributed by atoms with Crippen LogP contribution in [0.15, 0.2) is 29.2 Å². The minimum Gasteiger partial charge on any atom is -0.467 e. The number of rotatable bonds is 5. The van der Waals surface area contributed by atoms with Gasteiger partial charge in [0.1, 0.15) is 6.10 Å². The van der Waals surface area contributed by atoms with Gasteiger partial charge in [-0.15, -0.1) is 0 Å². The van der Waals surface area contributed by atoms with Gasteiger partial charge in [-0.1, -0.05) is 17.7 Å². The lowest BCUT2D eigenvalue weighted by molar-refractivity contribution is -0.167. The Labute approximate surface area is 135 Å². The van der Waals surface area contributed by atoms with E-state index in [0.717, 1.165) is 12.7 Å². The van der Waals surface area contributed by atoms with Crippen LogP contribution < -0.4 is 0 Å². The van der Waals surface area contributed by atoms with Gasteiger partial charge in [-0.25, -0.2) is 8.98 Å². The van der Waals surface area contributed by atoms with Gasteiger partial charge in [-0.2, -0.15) is 8.42 Å². The van der Waals surface area contributed by atoms with E-state index in [1.807, 2.05) is 6.92 Å². The molecule has 23 heavy (non-hydrogen) atoms. The van der Waals surface area contributed by atoms with Gasteiger partial charge in [0.25, 0.3) is 10.1 Å². The molecule has 0 N–H and O–H groups in total. The van der Waals surface area contributed by atoms with Crippen molar-refractivity contribution in [1.29, 1.82) is 0 Å². The molecule has 1 heterocycles. The van der Waals surface area contributed by atoms with Crippen molar-refractivity contribution in [3.05, 3.63) is 29.8 Å². The quantitative estimate of drug-likeness (QED) is 0.589. The van der Waals surface area contributed by atoms with E-state index in [1.54, 1.807) is 26.0 Å². The molecule has 0 bridgehead atoms. The first kappa shape index (κ1) is 17.9. The first-order valence-corrected chi connectivity index (χ1v) is 8.45. The Balaban J connectivity index is 2.24. The smallest absolute Gasteiger partial charge is 0.339 e. The van der Waals surface area contributed by atoms with Gasteiger partial charge >= 0.3 is 5.97 Å². The normalized spacial score (nSPS) is 21.8. The molecule has 2 rings (SSSR count). The molecular weight excluding hydrogens is 324 g/mol. The zero-order chi connectivity index (χ0) is 17.3. The fourth-order valence-electron chi connectivity index (χ4n) is 2.13. The van der Waals surface area contributed by atoms with Crippen LogP contribution in [0.25, 0.3) is 0 Å². The fraction of sp³-hybridized carbons (Fsp3) is 0.533. The van der Waals surface area contributed by atoms with Crippen LogP contribution in [0.3, 0.4) is 0 Å². The maximum Gasteiger partial charge on any atom is 0.339 e. The summed E-state index contributed by atoms with van der Waals surface area (Å²) in [5.41, 5.74) is 0.905. The zero-order valence-electron chi connectivity index (χ0n) is 13.4. The molecule has 1 aromatic rings. The highest BCUT2D eigenvalue weighted by Crippen LogP contribution is 2.27. The van der Waals surface area contributed by atoms with Crippen molar-refractivity contribution < 1.29 is 31.6 Å². The van der Waals surface area contributed by atoms with Gasteiger partial charge in [0.05, 0.1) is 18.6 Å². The van der Waals surface area contributed by atoms with Crippen molar-refractivity contribution in [3.63, 3.8) is 0 Å². The van der Waals surface area contributed by atoms with Gasteiger partial charge in [-0.05, 0) is 32.9 Å². The monoisotopic (exact) mass is 344 g/mol. The fourth-order valence-corrected chi connectivity index (χ4v) is 3.19. The summed E-state index contributed by atoms with van der Waals surface area (Å²) in [6.07, 6.45) is -2.31. The zero-order valence-corrected chi connectivity index (χ0v) is 14.3. The van der Waals surface area contributed by atoms with Crippen LogP contribution >= 0.6 is 0 Å². The van der Waals surface area contributed by atoms with E-state index in [0.29, 0.717) is 0 Å². The molecule has 1 aromatic carbocycles. The van der Waals surface area contributed by atoms with E-state index in [9.17, 15) is 13.2 Å². The van der Waals surface area contributed by atoms with Crippen LogP contribution in [0.2, 0.25) is 0 Å². The maximum absolute atomic E-state index is 12.4. The first-order chi connectivity index (χ1) is 10.6. The first-order valence-electron chi connectivity index (χ1n) is 7.04. The second kappa shape index (κ2) is 6.56. The van der Waals surface area contributed by atoms with Gasteiger partial charge in [0.15, 0.2) is 5.79 Å². The molecule has 8 heteroatoms. The maximum atomic E-state index is 12.4. The molecule has 0 aromatic heterocycles. The van der Waals surface area contributed by atoms with E-state index in [4.69, 9.17) is 13.7 Å². The Morgan fingerprint density at radius 1 is 1.30 bits per heavy atom. The molecule has 128 valence electrons. The number of benzene rings is 1. The predicted octanol–water partition coefficient (Wildman–Crippen LogP) is 1.39. The molecule has 1 unspecified atom stereocenters. The molecule has 2 atom stereocenters. The van der Waals surface area contributed by atoms with E-state index in [-0.39, 0.29) is 11.5 Å². The molecule has 7 nitrogen and oxygen atoms in total.